The van der Waals surface area contributed by atoms with Gasteiger partial charge in [-0.1, -0.05) is 54.6 Å². The van der Waals surface area contributed by atoms with E-state index in [0.29, 0.717) is 0 Å². The molecule has 1 N–H and O–H groups in total. The minimum atomic E-state index is -1.49. The Balaban J connectivity index is 1.64. The van der Waals surface area contributed by atoms with Crippen molar-refractivity contribution >= 4 is 30.0 Å². The molecule has 4 rings (SSSR count). The quantitative estimate of drug-likeness (QED) is 0.192. The number of esters is 4. The lowest BCUT2D eigenvalue weighted by Crippen LogP contribution is -2.49. The first-order chi connectivity index (χ1) is 24.1. The highest BCUT2D eigenvalue weighted by molar-refractivity contribution is 5.91. The second kappa shape index (κ2) is 17.1. The number of carbonyl (C=O) groups excluding carboxylic acids is 5. The van der Waals surface area contributed by atoms with Crippen molar-refractivity contribution in [2.24, 2.45) is 0 Å². The van der Waals surface area contributed by atoms with Crippen LogP contribution in [-0.4, -0.2) is 85.0 Å². The van der Waals surface area contributed by atoms with Crippen LogP contribution in [-0.2, 0) is 38.0 Å². The Morgan fingerprint density at radius 2 is 1.10 bits per heavy atom. The lowest BCUT2D eigenvalue weighted by molar-refractivity contribution is -0.182. The Hall–Kier alpha value is -5.27. The van der Waals surface area contributed by atoms with Gasteiger partial charge in [0.1, 0.15) is 23.9 Å². The zero-order valence-corrected chi connectivity index (χ0v) is 29.4. The van der Waals surface area contributed by atoms with Gasteiger partial charge in [-0.15, -0.1) is 0 Å². The average molecular weight is 706 g/mol. The van der Waals surface area contributed by atoms with E-state index in [2.05, 4.69) is 5.32 Å². The van der Waals surface area contributed by atoms with E-state index in [1.165, 1.54) is 24.3 Å². The highest BCUT2D eigenvalue weighted by Gasteiger charge is 2.51. The molecule has 13 heteroatoms. The van der Waals surface area contributed by atoms with Crippen molar-refractivity contribution in [3.63, 3.8) is 0 Å². The maximum Gasteiger partial charge on any atom is 0.408 e. The molecule has 272 valence electrons. The number of rotatable bonds is 12. The summed E-state index contributed by atoms with van der Waals surface area (Å²) in [5.74, 6) is -3.09. The summed E-state index contributed by atoms with van der Waals surface area (Å²) < 4.78 is 40.2. The van der Waals surface area contributed by atoms with E-state index < -0.39 is 85.0 Å². The van der Waals surface area contributed by atoms with Crippen molar-refractivity contribution in [2.45, 2.75) is 83.4 Å². The van der Waals surface area contributed by atoms with E-state index >= 15 is 0 Å². The number of carbonyl (C=O) groups is 5. The standard InChI is InChI=1S/C38H43NO12/c1-37(2,3)50-34(43)27(39-36(44)51-38(4,5)6)22-46-35-30(49-33(42)26-20-14-9-15-21-26)29(48-32(41)25-18-12-8-13-19-25)28(47-35)23-45-31(40)24-16-10-7-11-17-24/h7-21,27-30,35H,22-23H2,1-6H3,(H,39,44)/t27-,28+,29+,30+,35?/m0/s1. The first-order valence-corrected chi connectivity index (χ1v) is 16.3. The molecule has 1 aliphatic rings. The van der Waals surface area contributed by atoms with Gasteiger partial charge in [0.05, 0.1) is 23.3 Å². The third-order valence-electron chi connectivity index (χ3n) is 6.97. The summed E-state index contributed by atoms with van der Waals surface area (Å²) >= 11 is 0. The third-order valence-corrected chi connectivity index (χ3v) is 6.97. The summed E-state index contributed by atoms with van der Waals surface area (Å²) in [5.41, 5.74) is -1.16. The molecule has 0 saturated carbocycles. The Morgan fingerprint density at radius 3 is 1.57 bits per heavy atom. The fraction of sp³-hybridized carbons (Fsp3) is 0.395. The van der Waals surface area contributed by atoms with Crippen LogP contribution in [0.1, 0.15) is 72.6 Å². The summed E-state index contributed by atoms with van der Waals surface area (Å²) in [4.78, 5) is 65.6. The van der Waals surface area contributed by atoms with Gasteiger partial charge >= 0.3 is 30.0 Å². The summed E-state index contributed by atoms with van der Waals surface area (Å²) in [6.45, 7) is 8.95. The highest BCUT2D eigenvalue weighted by Crippen LogP contribution is 2.30. The van der Waals surface area contributed by atoms with Crippen LogP contribution in [0.5, 0.6) is 0 Å². The normalized spacial score (nSPS) is 19.3. The summed E-state index contributed by atoms with van der Waals surface area (Å²) in [6.07, 6.45) is -6.41. The van der Waals surface area contributed by atoms with Crippen LogP contribution >= 0.6 is 0 Å². The monoisotopic (exact) mass is 705 g/mol. The largest absolute Gasteiger partial charge is 0.459 e. The summed E-state index contributed by atoms with van der Waals surface area (Å²) in [5, 5.41) is 2.46. The Kier molecular flexibility index (Phi) is 12.9. The van der Waals surface area contributed by atoms with Crippen molar-refractivity contribution in [1.82, 2.24) is 5.32 Å². The van der Waals surface area contributed by atoms with Crippen molar-refractivity contribution in [2.75, 3.05) is 13.2 Å². The predicted octanol–water partition coefficient (Wildman–Crippen LogP) is 5.27. The van der Waals surface area contributed by atoms with Crippen molar-refractivity contribution in [1.29, 1.82) is 0 Å². The Bertz CT molecular complexity index is 1630. The molecule has 5 atom stereocenters. The smallest absolute Gasteiger partial charge is 0.408 e. The number of nitrogens with one attached hydrogen (secondary N) is 1. The van der Waals surface area contributed by atoms with Gasteiger partial charge < -0.3 is 38.5 Å². The van der Waals surface area contributed by atoms with E-state index in [0.717, 1.165) is 0 Å². The van der Waals surface area contributed by atoms with E-state index in [-0.39, 0.29) is 16.7 Å². The van der Waals surface area contributed by atoms with Crippen molar-refractivity contribution in [3.05, 3.63) is 108 Å². The first-order valence-electron chi connectivity index (χ1n) is 16.3. The molecule has 0 radical (unpaired) electrons. The van der Waals surface area contributed by atoms with Gasteiger partial charge in [0, 0.05) is 0 Å². The first kappa shape index (κ1) is 38.5. The van der Waals surface area contributed by atoms with Gasteiger partial charge in [-0.2, -0.15) is 0 Å². The molecule has 1 amide bonds. The van der Waals surface area contributed by atoms with Crippen LogP contribution in [0.3, 0.4) is 0 Å². The van der Waals surface area contributed by atoms with Crippen molar-refractivity contribution in [3.8, 4) is 0 Å². The molecule has 1 fully saturated rings. The molecule has 0 bridgehead atoms. The average Bonchev–Trinajstić information content (AvgIpc) is 3.39. The molecular weight excluding hydrogens is 662 g/mol. The molecular formula is C38H43NO12. The van der Waals surface area contributed by atoms with Crippen LogP contribution < -0.4 is 5.32 Å². The molecule has 1 saturated heterocycles. The number of hydrogen-bond acceptors (Lipinski definition) is 12. The zero-order chi connectivity index (χ0) is 37.2. The van der Waals surface area contributed by atoms with E-state index in [1.54, 1.807) is 108 Å². The van der Waals surface area contributed by atoms with Gasteiger partial charge in [-0.3, -0.25) is 0 Å². The molecule has 13 nitrogen and oxygen atoms in total. The topological polar surface area (TPSA) is 162 Å². The number of amides is 1. The van der Waals surface area contributed by atoms with Gasteiger partial charge in [-0.05, 0) is 77.9 Å². The fourth-order valence-corrected chi connectivity index (χ4v) is 4.76. The SMILES string of the molecule is CC(C)(C)OC(=O)N[C@@H](COC1O[C@H](COC(=O)c2ccccc2)[C@@H](OC(=O)c2ccccc2)[C@H]1OC(=O)c1ccccc1)C(=O)OC(C)(C)C. The van der Waals surface area contributed by atoms with Crippen LogP contribution in [0.25, 0.3) is 0 Å². The second-order valence-electron chi connectivity index (χ2n) is 13.5. The highest BCUT2D eigenvalue weighted by atomic mass is 16.7. The molecule has 51 heavy (non-hydrogen) atoms. The van der Waals surface area contributed by atoms with Gasteiger partial charge in [0.2, 0.25) is 0 Å². The maximum absolute atomic E-state index is 13.4. The van der Waals surface area contributed by atoms with Crippen LogP contribution in [0.2, 0.25) is 0 Å². The van der Waals surface area contributed by atoms with E-state index in [9.17, 15) is 24.0 Å². The third kappa shape index (κ3) is 11.9. The molecule has 1 aliphatic heterocycles. The minimum absolute atomic E-state index is 0.182. The summed E-state index contributed by atoms with van der Waals surface area (Å²) in [6, 6.07) is 23.0. The number of hydrogen-bond donors (Lipinski definition) is 1. The van der Waals surface area contributed by atoms with E-state index in [4.69, 9.17) is 33.2 Å². The Morgan fingerprint density at radius 1 is 0.647 bits per heavy atom. The lowest BCUT2D eigenvalue weighted by atomic mass is 10.1. The molecule has 0 spiro atoms. The fourth-order valence-electron chi connectivity index (χ4n) is 4.76. The molecule has 3 aromatic rings. The van der Waals surface area contributed by atoms with Gasteiger partial charge in [0.25, 0.3) is 0 Å². The number of ether oxygens (including phenoxy) is 7. The maximum atomic E-state index is 13.4. The van der Waals surface area contributed by atoms with Gasteiger partial charge in [0.15, 0.2) is 24.5 Å². The van der Waals surface area contributed by atoms with Crippen LogP contribution in [0.15, 0.2) is 91.0 Å². The van der Waals surface area contributed by atoms with Crippen LogP contribution in [0, 0.1) is 0 Å². The Labute approximate surface area is 296 Å². The zero-order valence-electron chi connectivity index (χ0n) is 29.4. The molecule has 0 aromatic heterocycles. The lowest BCUT2D eigenvalue weighted by Gasteiger charge is -2.28. The number of benzene rings is 3. The molecule has 1 heterocycles. The molecule has 1 unspecified atom stereocenters. The molecule has 3 aromatic carbocycles. The molecule has 0 aliphatic carbocycles. The summed E-state index contributed by atoms with van der Waals surface area (Å²) in [7, 11) is 0. The van der Waals surface area contributed by atoms with E-state index in [1.807, 2.05) is 0 Å². The predicted molar refractivity (Wildman–Crippen MR) is 182 cm³/mol. The van der Waals surface area contributed by atoms with Crippen LogP contribution in [0.4, 0.5) is 4.79 Å². The van der Waals surface area contributed by atoms with Gasteiger partial charge in [-0.25, -0.2) is 24.0 Å². The number of alkyl carbamates (subject to hydrolysis) is 1. The minimum Gasteiger partial charge on any atom is -0.459 e. The van der Waals surface area contributed by atoms with Crippen molar-refractivity contribution < 1.29 is 57.1 Å². The second-order valence-corrected chi connectivity index (χ2v) is 13.5.